The van der Waals surface area contributed by atoms with Crippen molar-refractivity contribution in [2.24, 2.45) is 0 Å². The van der Waals surface area contributed by atoms with E-state index in [0.29, 0.717) is 5.82 Å². The Labute approximate surface area is 332 Å². The maximum atomic E-state index is 5.51. The van der Waals surface area contributed by atoms with E-state index in [0.717, 1.165) is 61.5 Å². The normalized spacial score (nSPS) is 11.9. The zero-order valence-electron chi connectivity index (χ0n) is 30.7. The Balaban J connectivity index is 1.35. The van der Waals surface area contributed by atoms with Gasteiger partial charge in [0.25, 0.3) is 0 Å². The molecule has 0 saturated heterocycles. The highest BCUT2D eigenvalue weighted by Crippen LogP contribution is 2.49. The summed E-state index contributed by atoms with van der Waals surface area (Å²) in [5.74, 6) is 0.690. The van der Waals surface area contributed by atoms with Crippen molar-refractivity contribution in [2.75, 3.05) is 0 Å². The summed E-state index contributed by atoms with van der Waals surface area (Å²) in [7, 11) is 0. The average Bonchev–Trinajstić information content (AvgIpc) is 3.94. The largest absolute Gasteiger partial charge is 0.307 e. The molecule has 8 aromatic carbocycles. The maximum absolute atomic E-state index is 5.51. The minimum Gasteiger partial charge on any atom is -0.307 e. The third-order valence-corrected chi connectivity index (χ3v) is 12.4. The Kier molecular flexibility index (Phi) is 7.06. The first-order chi connectivity index (χ1) is 28.3. The van der Waals surface area contributed by atoms with E-state index in [4.69, 9.17) is 9.97 Å². The molecule has 266 valence electrons. The van der Waals surface area contributed by atoms with Crippen LogP contribution in [0.1, 0.15) is 0 Å². The van der Waals surface area contributed by atoms with Gasteiger partial charge in [0.15, 0.2) is 5.82 Å². The molecule has 0 aliphatic carbocycles. The average molecular weight is 745 g/mol. The lowest BCUT2D eigenvalue weighted by molar-refractivity contribution is 1.10. The molecular weight excluding hydrogens is 713 g/mol. The number of nitrogens with zero attached hydrogens (tertiary/aromatic N) is 4. The fraction of sp³-hybridized carbons (Fsp3) is 0. The highest BCUT2D eigenvalue weighted by molar-refractivity contribution is 7.26. The Morgan fingerprint density at radius 1 is 0.351 bits per heavy atom. The molecule has 0 spiro atoms. The van der Waals surface area contributed by atoms with Crippen LogP contribution in [0.5, 0.6) is 0 Å². The number of rotatable bonds is 5. The lowest BCUT2D eigenvalue weighted by Crippen LogP contribution is -2.07. The van der Waals surface area contributed by atoms with Crippen LogP contribution in [0.15, 0.2) is 194 Å². The van der Waals surface area contributed by atoms with Crippen LogP contribution in [0.25, 0.3) is 109 Å². The van der Waals surface area contributed by atoms with Crippen molar-refractivity contribution in [3.63, 3.8) is 0 Å². The summed E-state index contributed by atoms with van der Waals surface area (Å²) in [5, 5.41) is 7.32. The first-order valence-electron chi connectivity index (χ1n) is 19.3. The van der Waals surface area contributed by atoms with Crippen molar-refractivity contribution in [2.45, 2.75) is 0 Å². The predicted molar refractivity (Wildman–Crippen MR) is 240 cm³/mol. The summed E-state index contributed by atoms with van der Waals surface area (Å²) >= 11 is 1.84. The Morgan fingerprint density at radius 2 is 0.789 bits per heavy atom. The molecule has 4 nitrogen and oxygen atoms in total. The van der Waals surface area contributed by atoms with E-state index >= 15 is 0 Å². The third kappa shape index (κ3) is 4.86. The molecule has 0 N–H and O–H groups in total. The Bertz CT molecular complexity index is 3360. The van der Waals surface area contributed by atoms with Crippen LogP contribution >= 0.6 is 11.3 Å². The van der Waals surface area contributed by atoms with E-state index in [1.807, 2.05) is 17.4 Å². The van der Waals surface area contributed by atoms with Crippen molar-refractivity contribution in [1.82, 2.24) is 19.1 Å². The van der Waals surface area contributed by atoms with Gasteiger partial charge in [-0.1, -0.05) is 152 Å². The topological polar surface area (TPSA) is 35.6 Å². The SMILES string of the molecule is c1ccc(-c2cc(-c3cc4sc5ccccc5c4c(-n4c5ccccc5c5ccccc54)c3-n3c4ccccc4c4ccccc43)nc(-c3ccccc3)n2)cc1. The fourth-order valence-electron chi connectivity index (χ4n) is 8.88. The van der Waals surface area contributed by atoms with Gasteiger partial charge in [-0.15, -0.1) is 11.3 Å². The van der Waals surface area contributed by atoms with Crippen LogP contribution in [0.2, 0.25) is 0 Å². The summed E-state index contributed by atoms with van der Waals surface area (Å²) in [4.78, 5) is 10.7. The molecule has 0 amide bonds. The molecule has 0 aliphatic heterocycles. The minimum absolute atomic E-state index is 0.690. The molecule has 12 rings (SSSR count). The van der Waals surface area contributed by atoms with Crippen molar-refractivity contribution in [1.29, 1.82) is 0 Å². The van der Waals surface area contributed by atoms with Gasteiger partial charge in [-0.05, 0) is 42.5 Å². The number of para-hydroxylation sites is 4. The van der Waals surface area contributed by atoms with E-state index in [1.54, 1.807) is 0 Å². The number of hydrogen-bond acceptors (Lipinski definition) is 3. The smallest absolute Gasteiger partial charge is 0.160 e. The second kappa shape index (κ2) is 12.6. The molecule has 0 fully saturated rings. The summed E-state index contributed by atoms with van der Waals surface area (Å²) in [6.07, 6.45) is 0. The minimum atomic E-state index is 0.690. The van der Waals surface area contributed by atoms with Crippen LogP contribution in [-0.4, -0.2) is 19.1 Å². The molecule has 0 bridgehead atoms. The highest BCUT2D eigenvalue weighted by Gasteiger charge is 2.28. The highest BCUT2D eigenvalue weighted by atomic mass is 32.1. The lowest BCUT2D eigenvalue weighted by atomic mass is 9.99. The summed E-state index contributed by atoms with van der Waals surface area (Å²) < 4.78 is 7.47. The number of thiophene rings is 1. The lowest BCUT2D eigenvalue weighted by Gasteiger charge is -2.22. The number of aromatic nitrogens is 4. The molecule has 4 heterocycles. The number of hydrogen-bond donors (Lipinski definition) is 0. The first kappa shape index (κ1) is 32.0. The standard InChI is InChI=1S/C52H32N4S/c1-3-17-33(18-4-1)41-32-42(54-52(53-41)34-19-5-2-6-20-34)40-31-48-49(39-25-11-16-30-47(39)57-48)51(56-45-28-14-9-23-37(45)38-24-10-15-29-46(38)56)50(40)55-43-26-12-7-21-35(43)36-22-8-13-27-44(36)55/h1-32H. The quantitative estimate of drug-likeness (QED) is 0.176. The number of fused-ring (bicyclic) bond motifs is 9. The zero-order valence-corrected chi connectivity index (χ0v) is 31.5. The monoisotopic (exact) mass is 744 g/mol. The summed E-state index contributed by atoms with van der Waals surface area (Å²) in [5.41, 5.74) is 11.6. The Hall–Kier alpha value is -7.34. The van der Waals surface area contributed by atoms with Crippen molar-refractivity contribution >= 4 is 75.1 Å². The van der Waals surface area contributed by atoms with E-state index < -0.39 is 0 Å². The van der Waals surface area contributed by atoms with Gasteiger partial charge in [-0.25, -0.2) is 9.97 Å². The molecule has 0 radical (unpaired) electrons. The van der Waals surface area contributed by atoms with Gasteiger partial charge in [0.05, 0.1) is 44.8 Å². The summed E-state index contributed by atoms with van der Waals surface area (Å²) in [6, 6.07) is 69.5. The van der Waals surface area contributed by atoms with Gasteiger partial charge in [-0.2, -0.15) is 0 Å². The van der Waals surface area contributed by atoms with E-state index in [2.05, 4.69) is 197 Å². The molecule has 0 unspecified atom stereocenters. The van der Waals surface area contributed by atoms with Crippen LogP contribution < -0.4 is 0 Å². The Morgan fingerprint density at radius 3 is 1.35 bits per heavy atom. The molecule has 0 atom stereocenters. The van der Waals surface area contributed by atoms with E-state index in [9.17, 15) is 0 Å². The number of benzene rings is 8. The molecule has 57 heavy (non-hydrogen) atoms. The second-order valence-corrected chi connectivity index (χ2v) is 15.6. The zero-order chi connectivity index (χ0) is 37.5. The van der Waals surface area contributed by atoms with Gasteiger partial charge >= 0.3 is 0 Å². The van der Waals surface area contributed by atoms with Gasteiger partial charge < -0.3 is 9.13 Å². The van der Waals surface area contributed by atoms with Crippen molar-refractivity contribution in [3.05, 3.63) is 194 Å². The summed E-state index contributed by atoms with van der Waals surface area (Å²) in [6.45, 7) is 0. The van der Waals surface area contributed by atoms with Crippen LogP contribution in [-0.2, 0) is 0 Å². The molecule has 4 aromatic heterocycles. The predicted octanol–water partition coefficient (Wildman–Crippen LogP) is 14.0. The second-order valence-electron chi connectivity index (χ2n) is 14.5. The first-order valence-corrected chi connectivity index (χ1v) is 20.1. The molecule has 12 aromatic rings. The molecule has 0 saturated carbocycles. The van der Waals surface area contributed by atoms with Crippen LogP contribution in [0, 0.1) is 0 Å². The van der Waals surface area contributed by atoms with Gasteiger partial charge in [0, 0.05) is 58.4 Å². The van der Waals surface area contributed by atoms with E-state index in [-0.39, 0.29) is 0 Å². The van der Waals surface area contributed by atoms with Gasteiger partial charge in [-0.3, -0.25) is 0 Å². The maximum Gasteiger partial charge on any atom is 0.160 e. The third-order valence-electron chi connectivity index (χ3n) is 11.3. The van der Waals surface area contributed by atoms with Crippen molar-refractivity contribution in [3.8, 4) is 45.3 Å². The van der Waals surface area contributed by atoms with Crippen LogP contribution in [0.4, 0.5) is 0 Å². The fourth-order valence-corrected chi connectivity index (χ4v) is 10.0. The van der Waals surface area contributed by atoms with Gasteiger partial charge in [0.2, 0.25) is 0 Å². The van der Waals surface area contributed by atoms with Crippen molar-refractivity contribution < 1.29 is 0 Å². The van der Waals surface area contributed by atoms with Crippen LogP contribution in [0.3, 0.4) is 0 Å². The van der Waals surface area contributed by atoms with E-state index in [1.165, 1.54) is 41.7 Å². The molecule has 0 aliphatic rings. The molecular formula is C52H32N4S. The molecule has 5 heteroatoms. The van der Waals surface area contributed by atoms with Gasteiger partial charge in [0.1, 0.15) is 0 Å².